The van der Waals surface area contributed by atoms with Gasteiger partial charge >= 0.3 is 0 Å². The van der Waals surface area contributed by atoms with Crippen LogP contribution in [0.15, 0.2) is 162 Å². The molecule has 1 heteroatoms. The molecule has 1 spiro atoms. The third kappa shape index (κ3) is 4.31. The van der Waals surface area contributed by atoms with E-state index in [0.29, 0.717) is 0 Å². The predicted octanol–water partition coefficient (Wildman–Crippen LogP) is 14.0. The van der Waals surface area contributed by atoms with Gasteiger partial charge in [0.15, 0.2) is 0 Å². The highest BCUT2D eigenvalue weighted by atomic mass is 16.3. The highest BCUT2D eigenvalue weighted by molar-refractivity contribution is 6.09. The first kappa shape index (κ1) is 29.9. The fourth-order valence-corrected chi connectivity index (χ4v) is 11.9. The van der Waals surface area contributed by atoms with Crippen LogP contribution in [-0.2, 0) is 5.41 Å². The van der Waals surface area contributed by atoms with Crippen molar-refractivity contribution >= 4 is 21.9 Å². The van der Waals surface area contributed by atoms with Crippen molar-refractivity contribution in [3.63, 3.8) is 0 Å². The number of furan rings is 1. The van der Waals surface area contributed by atoms with E-state index in [1.165, 1.54) is 98.5 Å². The molecule has 0 amide bonds. The third-order valence-corrected chi connectivity index (χ3v) is 13.9. The topological polar surface area (TPSA) is 13.1 Å². The number of benzene rings is 7. The van der Waals surface area contributed by atoms with E-state index in [4.69, 9.17) is 4.42 Å². The molecule has 5 aliphatic rings. The van der Waals surface area contributed by atoms with E-state index in [0.717, 1.165) is 34.8 Å². The third-order valence-electron chi connectivity index (χ3n) is 13.9. The first-order chi connectivity index (χ1) is 26.2. The zero-order valence-electron chi connectivity index (χ0n) is 29.8. The SMILES string of the molecule is c1ccc(-c2ccc(-c3ccc(-c4ccc5c(c4)C4(c6ccc(-c7cccc8c7oc7ccccc78)cc6-5)C5CC6CC(C5)CC4C6)cc3)cc2)cc1. The molecular weight excluding hydrogens is 641 g/mol. The van der Waals surface area contributed by atoms with Gasteiger partial charge in [0.2, 0.25) is 0 Å². The van der Waals surface area contributed by atoms with Crippen LogP contribution in [0.4, 0.5) is 0 Å². The van der Waals surface area contributed by atoms with Crippen molar-refractivity contribution in [2.24, 2.45) is 23.7 Å². The Morgan fingerprint density at radius 1 is 0.377 bits per heavy atom. The number of rotatable bonds is 4. The van der Waals surface area contributed by atoms with Gasteiger partial charge in [0, 0.05) is 21.8 Å². The summed E-state index contributed by atoms with van der Waals surface area (Å²) in [4.78, 5) is 0. The van der Waals surface area contributed by atoms with Gasteiger partial charge < -0.3 is 4.42 Å². The number of para-hydroxylation sites is 2. The zero-order chi connectivity index (χ0) is 34.7. The van der Waals surface area contributed by atoms with Crippen molar-refractivity contribution < 1.29 is 4.42 Å². The molecule has 0 N–H and O–H groups in total. The molecule has 0 radical (unpaired) electrons. The largest absolute Gasteiger partial charge is 0.455 e. The molecule has 4 saturated carbocycles. The van der Waals surface area contributed by atoms with Crippen molar-refractivity contribution in [2.75, 3.05) is 0 Å². The van der Waals surface area contributed by atoms with Crippen molar-refractivity contribution in [2.45, 2.75) is 37.5 Å². The molecule has 1 heterocycles. The van der Waals surface area contributed by atoms with Gasteiger partial charge in [0.05, 0.1) is 0 Å². The molecule has 1 nitrogen and oxygen atoms in total. The Balaban J connectivity index is 0.961. The normalized spacial score (nSPS) is 23.5. The van der Waals surface area contributed by atoms with Crippen LogP contribution in [-0.4, -0.2) is 0 Å². The molecule has 254 valence electrons. The van der Waals surface area contributed by atoms with Crippen molar-refractivity contribution in [3.05, 3.63) is 169 Å². The second-order valence-corrected chi connectivity index (χ2v) is 16.5. The van der Waals surface area contributed by atoms with E-state index in [1.807, 2.05) is 0 Å². The van der Waals surface area contributed by atoms with Crippen molar-refractivity contribution in [3.8, 4) is 55.6 Å². The van der Waals surface area contributed by atoms with Gasteiger partial charge in [-0.2, -0.15) is 0 Å². The highest BCUT2D eigenvalue weighted by Crippen LogP contribution is 2.69. The first-order valence-electron chi connectivity index (χ1n) is 19.7. The Bertz CT molecular complexity index is 2680. The van der Waals surface area contributed by atoms with Crippen LogP contribution >= 0.6 is 0 Å². The maximum Gasteiger partial charge on any atom is 0.143 e. The average Bonchev–Trinajstić information content (AvgIpc) is 3.73. The summed E-state index contributed by atoms with van der Waals surface area (Å²) in [6.07, 6.45) is 6.99. The Hall–Kier alpha value is -5.66. The molecule has 8 aromatic rings. The Morgan fingerprint density at radius 3 is 1.64 bits per heavy atom. The van der Waals surface area contributed by atoms with Gasteiger partial charge in [-0.15, -0.1) is 0 Å². The summed E-state index contributed by atoms with van der Waals surface area (Å²) in [5.41, 5.74) is 18.2. The van der Waals surface area contributed by atoms with E-state index < -0.39 is 0 Å². The lowest BCUT2D eigenvalue weighted by Crippen LogP contribution is -2.55. The van der Waals surface area contributed by atoms with Crippen LogP contribution < -0.4 is 0 Å². The van der Waals surface area contributed by atoms with Crippen molar-refractivity contribution in [1.29, 1.82) is 0 Å². The van der Waals surface area contributed by atoms with Gasteiger partial charge in [-0.25, -0.2) is 0 Å². The molecule has 5 aliphatic carbocycles. The first-order valence-corrected chi connectivity index (χ1v) is 19.7. The molecule has 0 aliphatic heterocycles. The van der Waals surface area contributed by atoms with E-state index >= 15 is 0 Å². The maximum atomic E-state index is 6.54. The van der Waals surface area contributed by atoms with E-state index in [-0.39, 0.29) is 5.41 Å². The molecule has 0 atom stereocenters. The summed E-state index contributed by atoms with van der Waals surface area (Å²) >= 11 is 0. The molecule has 13 rings (SSSR count). The minimum absolute atomic E-state index is 0.110. The fourth-order valence-electron chi connectivity index (χ4n) is 11.9. The summed E-state index contributed by atoms with van der Waals surface area (Å²) in [5, 5.41) is 2.38. The zero-order valence-corrected chi connectivity index (χ0v) is 29.8. The van der Waals surface area contributed by atoms with Gasteiger partial charge in [-0.1, -0.05) is 140 Å². The number of hydrogen-bond donors (Lipinski definition) is 0. The van der Waals surface area contributed by atoms with Crippen LogP contribution in [0.2, 0.25) is 0 Å². The standard InChI is InChI=1S/C52H40O/c1-2-7-34(8-3-1)35-13-15-36(16-14-35)37-17-19-38(20-18-37)39-21-23-44-47-30-40(43-10-6-11-46-45-9-4-5-12-50(45)53-51(43)46)22-24-48(47)52(49(44)31-39)41-26-32-25-33(28-41)29-42(52)27-32/h1-24,30-33,41-42H,25-29H2. The maximum absolute atomic E-state index is 6.54. The quantitative estimate of drug-likeness (QED) is 0.180. The lowest BCUT2D eigenvalue weighted by atomic mass is 9.43. The van der Waals surface area contributed by atoms with Crippen LogP contribution in [0.3, 0.4) is 0 Å². The lowest BCUT2D eigenvalue weighted by molar-refractivity contribution is -0.0399. The van der Waals surface area contributed by atoms with Crippen LogP contribution in [0.25, 0.3) is 77.6 Å². The Morgan fingerprint density at radius 2 is 0.943 bits per heavy atom. The van der Waals surface area contributed by atoms with Crippen LogP contribution in [0.5, 0.6) is 0 Å². The van der Waals surface area contributed by atoms with Gasteiger partial charge in [0.1, 0.15) is 11.2 Å². The molecule has 0 unspecified atom stereocenters. The second-order valence-electron chi connectivity index (χ2n) is 16.5. The molecule has 4 fully saturated rings. The molecule has 1 aromatic heterocycles. The summed E-state index contributed by atoms with van der Waals surface area (Å²) in [5.74, 6) is 3.27. The minimum Gasteiger partial charge on any atom is -0.455 e. The predicted molar refractivity (Wildman–Crippen MR) is 219 cm³/mol. The highest BCUT2D eigenvalue weighted by Gasteiger charge is 2.61. The molecular formula is C52H40O. The van der Waals surface area contributed by atoms with E-state index in [2.05, 4.69) is 158 Å². The van der Waals surface area contributed by atoms with Crippen molar-refractivity contribution in [1.82, 2.24) is 0 Å². The second kappa shape index (κ2) is 11.2. The smallest absolute Gasteiger partial charge is 0.143 e. The Kier molecular flexibility index (Phi) is 6.30. The number of hydrogen-bond acceptors (Lipinski definition) is 1. The molecule has 4 bridgehead atoms. The summed E-state index contributed by atoms with van der Waals surface area (Å²) in [6, 6.07) is 58.9. The summed E-state index contributed by atoms with van der Waals surface area (Å²) in [7, 11) is 0. The average molecular weight is 681 g/mol. The molecule has 0 saturated heterocycles. The Labute approximate surface area is 311 Å². The molecule has 7 aromatic carbocycles. The van der Waals surface area contributed by atoms with Gasteiger partial charge in [0.25, 0.3) is 0 Å². The van der Waals surface area contributed by atoms with Crippen LogP contribution in [0, 0.1) is 23.7 Å². The monoisotopic (exact) mass is 680 g/mol. The fraction of sp³-hybridized carbons (Fsp3) is 0.192. The van der Waals surface area contributed by atoms with E-state index in [1.54, 1.807) is 11.1 Å². The van der Waals surface area contributed by atoms with Gasteiger partial charge in [-0.05, 0) is 135 Å². The molecule has 53 heavy (non-hydrogen) atoms. The lowest BCUT2D eigenvalue weighted by Gasteiger charge is -2.61. The summed E-state index contributed by atoms with van der Waals surface area (Å²) < 4.78 is 6.54. The minimum atomic E-state index is 0.110. The number of fused-ring (bicyclic) bond motifs is 6. The van der Waals surface area contributed by atoms with Crippen LogP contribution in [0.1, 0.15) is 43.2 Å². The van der Waals surface area contributed by atoms with E-state index in [9.17, 15) is 0 Å². The van der Waals surface area contributed by atoms with Gasteiger partial charge in [-0.3, -0.25) is 0 Å². The summed E-state index contributed by atoms with van der Waals surface area (Å²) in [6.45, 7) is 0.